The van der Waals surface area contributed by atoms with Gasteiger partial charge in [0.1, 0.15) is 0 Å². The molecular weight excluding hydrogens is 170 g/mol. The highest BCUT2D eigenvalue weighted by Gasteiger charge is 2.14. The van der Waals surface area contributed by atoms with Gasteiger partial charge >= 0.3 is 0 Å². The van der Waals surface area contributed by atoms with Crippen molar-refractivity contribution in [2.45, 2.75) is 52.9 Å². The second kappa shape index (κ2) is 6.44. The van der Waals surface area contributed by atoms with Gasteiger partial charge in [-0.15, -0.1) is 0 Å². The lowest BCUT2D eigenvalue weighted by Gasteiger charge is -2.30. The highest BCUT2D eigenvalue weighted by atomic mass is 15.1. The maximum atomic E-state index is 2.65. The predicted octanol–water partition coefficient (Wildman–Crippen LogP) is 3.54. The van der Waals surface area contributed by atoms with Crippen molar-refractivity contribution >= 4 is 0 Å². The second-order valence-corrected chi connectivity index (χ2v) is 5.41. The molecule has 14 heavy (non-hydrogen) atoms. The quantitative estimate of drug-likeness (QED) is 0.609. The average molecular weight is 197 g/mol. The number of hydrogen-bond donors (Lipinski definition) is 0. The molecule has 0 radical (unpaired) electrons. The summed E-state index contributed by atoms with van der Waals surface area (Å²) in [4.78, 5) is 2.65. The average Bonchev–Trinajstić information content (AvgIpc) is 2.15. The molecule has 1 heteroatoms. The van der Waals surface area contributed by atoms with E-state index < -0.39 is 0 Å². The molecule has 0 N–H and O–H groups in total. The van der Waals surface area contributed by atoms with Crippen LogP contribution in [0.4, 0.5) is 0 Å². The van der Waals surface area contributed by atoms with Crippen molar-refractivity contribution in [2.75, 3.05) is 19.6 Å². The zero-order valence-electron chi connectivity index (χ0n) is 10.3. The third kappa shape index (κ3) is 4.99. The van der Waals surface area contributed by atoms with E-state index in [0.29, 0.717) is 0 Å². The van der Waals surface area contributed by atoms with Crippen LogP contribution in [0, 0.1) is 11.8 Å². The Morgan fingerprint density at radius 2 is 1.79 bits per heavy atom. The smallest absolute Gasteiger partial charge is 0.00162 e. The van der Waals surface area contributed by atoms with Crippen LogP contribution in [0.2, 0.25) is 0 Å². The highest BCUT2D eigenvalue weighted by molar-refractivity contribution is 4.69. The summed E-state index contributed by atoms with van der Waals surface area (Å²) >= 11 is 0. The Labute approximate surface area is 89.9 Å². The Hall–Kier alpha value is -0.0400. The van der Waals surface area contributed by atoms with Gasteiger partial charge in [-0.05, 0) is 50.7 Å². The molecule has 1 saturated heterocycles. The Kier molecular flexibility index (Phi) is 5.54. The van der Waals surface area contributed by atoms with Crippen molar-refractivity contribution in [2.24, 2.45) is 11.8 Å². The first-order chi connectivity index (χ1) is 6.68. The van der Waals surface area contributed by atoms with Crippen LogP contribution in [0.1, 0.15) is 52.9 Å². The van der Waals surface area contributed by atoms with Gasteiger partial charge in [0.05, 0.1) is 0 Å². The van der Waals surface area contributed by atoms with E-state index in [1.807, 2.05) is 0 Å². The van der Waals surface area contributed by atoms with Crippen molar-refractivity contribution in [1.82, 2.24) is 4.90 Å². The van der Waals surface area contributed by atoms with Crippen molar-refractivity contribution in [1.29, 1.82) is 0 Å². The molecule has 0 aromatic rings. The van der Waals surface area contributed by atoms with Crippen LogP contribution in [0.25, 0.3) is 0 Å². The molecule has 1 heterocycles. The van der Waals surface area contributed by atoms with Crippen molar-refractivity contribution in [3.8, 4) is 0 Å². The largest absolute Gasteiger partial charge is 0.303 e. The van der Waals surface area contributed by atoms with E-state index in [1.165, 1.54) is 51.7 Å². The molecule has 1 aliphatic heterocycles. The van der Waals surface area contributed by atoms with E-state index in [4.69, 9.17) is 0 Å². The van der Waals surface area contributed by atoms with Gasteiger partial charge in [-0.2, -0.15) is 0 Å². The first kappa shape index (κ1) is 12.0. The van der Waals surface area contributed by atoms with E-state index in [9.17, 15) is 0 Å². The summed E-state index contributed by atoms with van der Waals surface area (Å²) < 4.78 is 0. The Balaban J connectivity index is 1.96. The van der Waals surface area contributed by atoms with Gasteiger partial charge in [-0.3, -0.25) is 0 Å². The minimum Gasteiger partial charge on any atom is -0.303 e. The lowest BCUT2D eigenvalue weighted by atomic mass is 9.99. The van der Waals surface area contributed by atoms with Gasteiger partial charge in [0.25, 0.3) is 0 Å². The summed E-state index contributed by atoms with van der Waals surface area (Å²) in [5.41, 5.74) is 0. The second-order valence-electron chi connectivity index (χ2n) is 5.41. The monoisotopic (exact) mass is 197 g/mol. The summed E-state index contributed by atoms with van der Waals surface area (Å²) in [6, 6.07) is 0. The standard InChI is InChI=1S/C13H27N/c1-12(2)6-4-5-9-14-10-7-13(3)8-11-14/h12-13H,4-11H2,1-3H3. The molecule has 0 unspecified atom stereocenters. The van der Waals surface area contributed by atoms with Crippen molar-refractivity contribution < 1.29 is 0 Å². The summed E-state index contributed by atoms with van der Waals surface area (Å²) in [6.45, 7) is 11.1. The van der Waals surface area contributed by atoms with E-state index in [2.05, 4.69) is 25.7 Å². The van der Waals surface area contributed by atoms with Crippen LogP contribution in [-0.2, 0) is 0 Å². The highest BCUT2D eigenvalue weighted by Crippen LogP contribution is 2.16. The molecule has 0 aliphatic carbocycles. The molecule has 0 amide bonds. The Morgan fingerprint density at radius 3 is 2.36 bits per heavy atom. The number of hydrogen-bond acceptors (Lipinski definition) is 1. The lowest BCUT2D eigenvalue weighted by Crippen LogP contribution is -2.33. The molecule has 1 fully saturated rings. The molecular formula is C13H27N. The van der Waals surface area contributed by atoms with Crippen LogP contribution in [0.5, 0.6) is 0 Å². The molecule has 0 spiro atoms. The van der Waals surface area contributed by atoms with Crippen LogP contribution in [-0.4, -0.2) is 24.5 Å². The lowest BCUT2D eigenvalue weighted by molar-refractivity contribution is 0.188. The third-order valence-corrected chi connectivity index (χ3v) is 3.38. The van der Waals surface area contributed by atoms with Gasteiger partial charge in [0, 0.05) is 0 Å². The minimum atomic E-state index is 0.886. The number of piperidine rings is 1. The molecule has 1 nitrogen and oxygen atoms in total. The van der Waals surface area contributed by atoms with Crippen LogP contribution in [0.3, 0.4) is 0 Å². The third-order valence-electron chi connectivity index (χ3n) is 3.38. The minimum absolute atomic E-state index is 0.886. The zero-order chi connectivity index (χ0) is 10.4. The number of likely N-dealkylation sites (tertiary alicyclic amines) is 1. The fourth-order valence-corrected chi connectivity index (χ4v) is 2.17. The maximum Gasteiger partial charge on any atom is -0.00162 e. The predicted molar refractivity (Wildman–Crippen MR) is 63.5 cm³/mol. The Morgan fingerprint density at radius 1 is 1.14 bits per heavy atom. The van der Waals surface area contributed by atoms with Crippen molar-refractivity contribution in [3.63, 3.8) is 0 Å². The van der Waals surface area contributed by atoms with E-state index >= 15 is 0 Å². The summed E-state index contributed by atoms with van der Waals surface area (Å²) in [5, 5.41) is 0. The molecule has 0 bridgehead atoms. The fourth-order valence-electron chi connectivity index (χ4n) is 2.17. The van der Waals surface area contributed by atoms with Crippen molar-refractivity contribution in [3.05, 3.63) is 0 Å². The van der Waals surface area contributed by atoms with Gasteiger partial charge in [0.15, 0.2) is 0 Å². The summed E-state index contributed by atoms with van der Waals surface area (Å²) in [5.74, 6) is 1.86. The molecule has 1 rings (SSSR count). The Bertz CT molecular complexity index is 134. The van der Waals surface area contributed by atoms with E-state index in [0.717, 1.165) is 11.8 Å². The molecule has 1 aliphatic rings. The molecule has 0 atom stereocenters. The normalized spacial score (nSPS) is 20.6. The number of rotatable bonds is 5. The number of unbranched alkanes of at least 4 members (excludes halogenated alkanes) is 1. The maximum absolute atomic E-state index is 2.65. The first-order valence-electron chi connectivity index (χ1n) is 6.41. The van der Waals surface area contributed by atoms with E-state index in [1.54, 1.807) is 0 Å². The fraction of sp³-hybridized carbons (Fsp3) is 1.00. The van der Waals surface area contributed by atoms with Gasteiger partial charge in [-0.25, -0.2) is 0 Å². The summed E-state index contributed by atoms with van der Waals surface area (Å²) in [6.07, 6.45) is 7.08. The first-order valence-corrected chi connectivity index (χ1v) is 6.41. The van der Waals surface area contributed by atoms with Gasteiger partial charge < -0.3 is 4.90 Å². The molecule has 0 aromatic heterocycles. The molecule has 0 aromatic carbocycles. The number of nitrogens with zero attached hydrogens (tertiary/aromatic N) is 1. The summed E-state index contributed by atoms with van der Waals surface area (Å²) in [7, 11) is 0. The van der Waals surface area contributed by atoms with Crippen LogP contribution >= 0.6 is 0 Å². The van der Waals surface area contributed by atoms with Crippen LogP contribution in [0.15, 0.2) is 0 Å². The van der Waals surface area contributed by atoms with Gasteiger partial charge in [-0.1, -0.05) is 33.6 Å². The van der Waals surface area contributed by atoms with Gasteiger partial charge in [0.2, 0.25) is 0 Å². The zero-order valence-corrected chi connectivity index (χ0v) is 10.3. The molecule has 84 valence electrons. The van der Waals surface area contributed by atoms with E-state index in [-0.39, 0.29) is 0 Å². The molecule has 0 saturated carbocycles. The topological polar surface area (TPSA) is 3.24 Å². The van der Waals surface area contributed by atoms with Crippen LogP contribution < -0.4 is 0 Å². The SMILES string of the molecule is CC(C)CCCCN1CCC(C)CC1.